The number of aliphatic hydroxyl groups excluding tert-OH is 1. The molecular weight excluding hydrogens is 420 g/mol. The number of hydrogen-bond donors (Lipinski definition) is 2. The Kier molecular flexibility index (Phi) is 6.85. The minimum Gasteiger partial charge on any atom is -0.456 e. The van der Waals surface area contributed by atoms with Crippen LogP contribution in [-0.2, 0) is 9.47 Å². The number of nitrogens with one attached hydrogen (secondary N) is 1. The molecule has 7 heteroatoms. The summed E-state index contributed by atoms with van der Waals surface area (Å²) in [6, 6.07) is 5.54. The van der Waals surface area contributed by atoms with Crippen molar-refractivity contribution in [1.29, 1.82) is 0 Å². The van der Waals surface area contributed by atoms with Gasteiger partial charge in [-0.2, -0.15) is 0 Å². The van der Waals surface area contributed by atoms with E-state index in [0.29, 0.717) is 35.9 Å². The highest BCUT2D eigenvalue weighted by Gasteiger charge is 2.50. The Morgan fingerprint density at radius 2 is 1.82 bits per heavy atom. The van der Waals surface area contributed by atoms with Crippen LogP contribution in [0.4, 0.5) is 4.79 Å². The maximum absolute atomic E-state index is 13.1. The zero-order valence-electron chi connectivity index (χ0n) is 20.9. The third-order valence-electron chi connectivity index (χ3n) is 5.98. The van der Waals surface area contributed by atoms with Crippen LogP contribution < -0.4 is 0 Å². The van der Waals surface area contributed by atoms with E-state index in [2.05, 4.69) is 11.9 Å². The lowest BCUT2D eigenvalue weighted by atomic mass is 9.81. The van der Waals surface area contributed by atoms with E-state index in [4.69, 9.17) is 9.47 Å². The minimum absolute atomic E-state index is 0.398. The SMILES string of the molecule is CCCC1(C(O)c2ccc3[nH]cc(C(=O)OC(C)(C)C)c3c2)CCCN1C(=O)OC(C)(C)C. The maximum atomic E-state index is 13.1. The molecule has 2 N–H and O–H groups in total. The molecule has 1 aromatic carbocycles. The summed E-state index contributed by atoms with van der Waals surface area (Å²) in [7, 11) is 0. The van der Waals surface area contributed by atoms with Gasteiger partial charge in [0.05, 0.1) is 11.1 Å². The number of carbonyl (C=O) groups is 2. The number of fused-ring (bicyclic) bond motifs is 1. The summed E-state index contributed by atoms with van der Waals surface area (Å²) in [5, 5.41) is 12.3. The number of aliphatic hydroxyl groups is 1. The normalized spacial score (nSPS) is 20.2. The fourth-order valence-electron chi connectivity index (χ4n) is 4.73. The molecule has 3 rings (SSSR count). The van der Waals surface area contributed by atoms with Crippen LogP contribution in [0.1, 0.15) is 96.2 Å². The number of esters is 1. The van der Waals surface area contributed by atoms with Crippen molar-refractivity contribution in [2.75, 3.05) is 6.54 Å². The van der Waals surface area contributed by atoms with Crippen LogP contribution in [0, 0.1) is 0 Å². The van der Waals surface area contributed by atoms with Gasteiger partial charge in [0.2, 0.25) is 0 Å². The second kappa shape index (κ2) is 9.01. The van der Waals surface area contributed by atoms with Crippen molar-refractivity contribution in [2.24, 2.45) is 0 Å². The average Bonchev–Trinajstić information content (AvgIpc) is 3.29. The molecular formula is C26H38N2O5. The number of carbonyl (C=O) groups excluding carboxylic acids is 2. The van der Waals surface area contributed by atoms with Crippen LogP contribution in [0.25, 0.3) is 10.9 Å². The van der Waals surface area contributed by atoms with Crippen molar-refractivity contribution in [3.05, 3.63) is 35.5 Å². The summed E-state index contributed by atoms with van der Waals surface area (Å²) in [6.07, 6.45) is 3.27. The smallest absolute Gasteiger partial charge is 0.410 e. The molecule has 2 unspecified atom stereocenters. The van der Waals surface area contributed by atoms with Gasteiger partial charge in [0, 0.05) is 23.6 Å². The summed E-state index contributed by atoms with van der Waals surface area (Å²) < 4.78 is 11.2. The minimum atomic E-state index is -0.918. The molecule has 1 amide bonds. The standard InChI is InChI=1S/C26H38N2O5/c1-8-12-26(13-9-14-28(26)23(31)33-25(5,6)7)21(29)17-10-11-20-18(15-17)19(16-27-20)22(30)32-24(2,3)4/h10-11,15-16,21,27,29H,8-9,12-14H2,1-7H3. The van der Waals surface area contributed by atoms with Gasteiger partial charge in [-0.3, -0.25) is 4.90 Å². The first kappa shape index (κ1) is 25.1. The highest BCUT2D eigenvalue weighted by Crippen LogP contribution is 2.44. The Bertz CT molecular complexity index is 1010. The molecule has 0 bridgehead atoms. The van der Waals surface area contributed by atoms with Crippen LogP contribution in [0.5, 0.6) is 0 Å². The number of benzene rings is 1. The van der Waals surface area contributed by atoms with Gasteiger partial charge in [-0.15, -0.1) is 0 Å². The fraction of sp³-hybridized carbons (Fsp3) is 0.615. The van der Waals surface area contributed by atoms with Crippen LogP contribution in [0.15, 0.2) is 24.4 Å². The molecule has 7 nitrogen and oxygen atoms in total. The number of amides is 1. The Labute approximate surface area is 196 Å². The van der Waals surface area contributed by atoms with Gasteiger partial charge in [0.25, 0.3) is 0 Å². The number of likely N-dealkylation sites (tertiary alicyclic amines) is 1. The number of rotatable bonds is 5. The Balaban J connectivity index is 1.99. The van der Waals surface area contributed by atoms with E-state index < -0.39 is 34.9 Å². The number of hydrogen-bond acceptors (Lipinski definition) is 5. The maximum Gasteiger partial charge on any atom is 0.410 e. The monoisotopic (exact) mass is 458 g/mol. The topological polar surface area (TPSA) is 91.9 Å². The molecule has 0 aliphatic carbocycles. The Morgan fingerprint density at radius 1 is 1.15 bits per heavy atom. The summed E-state index contributed by atoms with van der Waals surface area (Å²) in [4.78, 5) is 30.6. The molecule has 1 fully saturated rings. The van der Waals surface area contributed by atoms with Crippen molar-refractivity contribution in [3.63, 3.8) is 0 Å². The van der Waals surface area contributed by atoms with E-state index in [0.717, 1.165) is 18.4 Å². The third-order valence-corrected chi connectivity index (χ3v) is 5.98. The molecule has 0 radical (unpaired) electrons. The van der Waals surface area contributed by atoms with Crippen LogP contribution >= 0.6 is 0 Å². The van der Waals surface area contributed by atoms with Crippen molar-refractivity contribution in [3.8, 4) is 0 Å². The Morgan fingerprint density at radius 3 is 2.42 bits per heavy atom. The molecule has 0 saturated carbocycles. The van der Waals surface area contributed by atoms with E-state index in [9.17, 15) is 14.7 Å². The van der Waals surface area contributed by atoms with Gasteiger partial charge in [-0.05, 0) is 78.5 Å². The first-order chi connectivity index (χ1) is 15.3. The number of H-pyrrole nitrogens is 1. The molecule has 1 aromatic heterocycles. The van der Waals surface area contributed by atoms with Gasteiger partial charge >= 0.3 is 12.1 Å². The molecule has 2 heterocycles. The van der Waals surface area contributed by atoms with Gasteiger partial charge < -0.3 is 19.6 Å². The number of ether oxygens (including phenoxy) is 2. The number of aromatic amines is 1. The first-order valence-corrected chi connectivity index (χ1v) is 11.8. The second-order valence-electron chi connectivity index (χ2n) is 11.0. The summed E-state index contributed by atoms with van der Waals surface area (Å²) in [5.74, 6) is -0.417. The van der Waals surface area contributed by atoms with E-state index in [1.807, 2.05) is 59.7 Å². The van der Waals surface area contributed by atoms with E-state index in [1.165, 1.54) is 0 Å². The van der Waals surface area contributed by atoms with Crippen molar-refractivity contribution in [1.82, 2.24) is 9.88 Å². The molecule has 182 valence electrons. The quantitative estimate of drug-likeness (QED) is 0.559. The molecule has 1 aliphatic rings. The van der Waals surface area contributed by atoms with Crippen molar-refractivity contribution in [2.45, 2.75) is 97.0 Å². The van der Waals surface area contributed by atoms with Crippen LogP contribution in [0.2, 0.25) is 0 Å². The predicted octanol–water partition coefficient (Wildman–Crippen LogP) is 5.73. The highest BCUT2D eigenvalue weighted by molar-refractivity contribution is 6.04. The molecule has 1 aliphatic heterocycles. The van der Waals surface area contributed by atoms with Crippen LogP contribution in [-0.4, -0.2) is 50.3 Å². The zero-order valence-corrected chi connectivity index (χ0v) is 20.9. The lowest BCUT2D eigenvalue weighted by molar-refractivity contribution is -0.0376. The van der Waals surface area contributed by atoms with Gasteiger partial charge in [0.1, 0.15) is 17.3 Å². The van der Waals surface area contributed by atoms with Gasteiger partial charge in [-0.25, -0.2) is 9.59 Å². The van der Waals surface area contributed by atoms with E-state index in [1.54, 1.807) is 11.1 Å². The lowest BCUT2D eigenvalue weighted by Gasteiger charge is -2.42. The van der Waals surface area contributed by atoms with E-state index in [-0.39, 0.29) is 0 Å². The predicted molar refractivity (Wildman–Crippen MR) is 128 cm³/mol. The van der Waals surface area contributed by atoms with E-state index >= 15 is 0 Å². The molecule has 1 saturated heterocycles. The van der Waals surface area contributed by atoms with Gasteiger partial charge in [0.15, 0.2) is 0 Å². The highest BCUT2D eigenvalue weighted by atomic mass is 16.6. The molecule has 2 aromatic rings. The molecule has 33 heavy (non-hydrogen) atoms. The lowest BCUT2D eigenvalue weighted by Crippen LogP contribution is -2.52. The third kappa shape index (κ3) is 5.35. The first-order valence-electron chi connectivity index (χ1n) is 11.8. The summed E-state index contributed by atoms with van der Waals surface area (Å²) in [6.45, 7) is 13.6. The van der Waals surface area contributed by atoms with Crippen molar-refractivity contribution < 1.29 is 24.2 Å². The molecule has 0 spiro atoms. The number of aromatic nitrogens is 1. The summed E-state index contributed by atoms with van der Waals surface area (Å²) >= 11 is 0. The van der Waals surface area contributed by atoms with Crippen LogP contribution in [0.3, 0.4) is 0 Å². The Hall–Kier alpha value is -2.54. The summed E-state index contributed by atoms with van der Waals surface area (Å²) in [5.41, 5.74) is -0.112. The molecule has 2 atom stereocenters. The fourth-order valence-corrected chi connectivity index (χ4v) is 4.73. The zero-order chi connectivity index (χ0) is 24.6. The van der Waals surface area contributed by atoms with Crippen molar-refractivity contribution >= 4 is 23.0 Å². The average molecular weight is 459 g/mol. The number of nitrogens with zero attached hydrogens (tertiary/aromatic N) is 1. The largest absolute Gasteiger partial charge is 0.456 e. The second-order valence-corrected chi connectivity index (χ2v) is 11.0. The van der Waals surface area contributed by atoms with Gasteiger partial charge in [-0.1, -0.05) is 19.4 Å².